The van der Waals surface area contributed by atoms with Crippen molar-refractivity contribution in [3.8, 4) is 0 Å². The van der Waals surface area contributed by atoms with E-state index in [0.29, 0.717) is 0 Å². The maximum Gasteiger partial charge on any atom is 2.00 e. The number of benzene rings is 1. The zero-order valence-electron chi connectivity index (χ0n) is 6.19. The van der Waals surface area contributed by atoms with Crippen molar-refractivity contribution >= 4 is 23.1 Å². The molecule has 3 heteroatoms. The number of hydrogen-bond donors (Lipinski definition) is 0. The minimum absolute atomic E-state index is 0. The molecule has 1 rings (SSSR count). The fourth-order valence-corrected chi connectivity index (χ4v) is 0.651. The Hall–Kier alpha value is 0.206. The van der Waals surface area contributed by atoms with Crippen molar-refractivity contribution in [3.05, 3.63) is 42.6 Å². The van der Waals surface area contributed by atoms with Crippen LogP contribution in [0.1, 0.15) is 5.56 Å². The molecule has 0 aliphatic carbocycles. The molecule has 0 radical (unpaired) electrons. The smallest absolute Gasteiger partial charge is 1.00 e. The average molecular weight is 183 g/mol. The van der Waals surface area contributed by atoms with E-state index in [4.69, 9.17) is 0 Å². The van der Waals surface area contributed by atoms with Gasteiger partial charge < -0.3 is 19.3 Å². The van der Waals surface area contributed by atoms with E-state index < -0.39 is 0 Å². The van der Waals surface area contributed by atoms with E-state index in [1.807, 2.05) is 0 Å². The molecule has 0 amide bonds. The van der Waals surface area contributed by atoms with Crippen LogP contribution in [-0.4, -0.2) is 23.1 Å². The summed E-state index contributed by atoms with van der Waals surface area (Å²) in [6, 6.07) is 6.37. The Morgan fingerprint density at radius 3 is 2.00 bits per heavy atom. The van der Waals surface area contributed by atoms with Crippen LogP contribution in [0.4, 0.5) is 4.39 Å². The van der Waals surface area contributed by atoms with Crippen molar-refractivity contribution in [2.24, 2.45) is 0 Å². The quantitative estimate of drug-likeness (QED) is 0.380. The van der Waals surface area contributed by atoms with Crippen molar-refractivity contribution < 1.29 is 16.8 Å². The Labute approximate surface area is 88.7 Å². The Bertz CT molecular complexity index is 186. The van der Waals surface area contributed by atoms with Crippen LogP contribution >= 0.6 is 0 Å². The molecule has 0 saturated heterocycles. The third-order valence-electron chi connectivity index (χ3n) is 1.20. The molecule has 0 fully saturated rings. The summed E-state index contributed by atoms with van der Waals surface area (Å²) in [5, 5.41) is 0. The molecule has 0 spiro atoms. The van der Waals surface area contributed by atoms with Gasteiger partial charge in [-0.25, -0.2) is 4.39 Å². The van der Waals surface area contributed by atoms with E-state index in [9.17, 15) is 4.39 Å². The van der Waals surface area contributed by atoms with Crippen LogP contribution < -0.4 is 12.4 Å². The summed E-state index contributed by atoms with van der Waals surface area (Å²) < 4.78 is 12.2. The second kappa shape index (κ2) is 6.89. The van der Waals surface area contributed by atoms with Gasteiger partial charge in [-0.1, -0.05) is 17.7 Å². The van der Waals surface area contributed by atoms with Gasteiger partial charge in [0.25, 0.3) is 0 Å². The maximum atomic E-state index is 12.2. The van der Waals surface area contributed by atoms with E-state index in [-0.39, 0.29) is 41.3 Å². The van der Waals surface area contributed by atoms with Crippen molar-refractivity contribution in [1.82, 2.24) is 0 Å². The normalized spacial score (nSPS) is 7.82. The molecule has 0 unspecified atom stereocenters. The van der Waals surface area contributed by atoms with Crippen LogP contribution in [0.25, 0.3) is 0 Å². The van der Waals surface area contributed by atoms with Crippen molar-refractivity contribution in [2.75, 3.05) is 0 Å². The first-order chi connectivity index (χ1) is 4.33. The monoisotopic (exact) mass is 182 g/mol. The molecule has 0 aliphatic heterocycles. The minimum atomic E-state index is -0.188. The van der Waals surface area contributed by atoms with Gasteiger partial charge in [-0.2, -0.15) is 6.42 Å². The molecule has 0 N–H and O–H groups in total. The van der Waals surface area contributed by atoms with Crippen LogP contribution in [0, 0.1) is 12.7 Å². The molecule has 1 aromatic rings. The first-order valence-electron chi connectivity index (χ1n) is 2.86. The molecule has 1 aromatic carbocycles. The van der Waals surface area contributed by atoms with Gasteiger partial charge in [0, 0.05) is 0 Å². The third kappa shape index (κ3) is 4.61. The minimum Gasteiger partial charge on any atom is -1.00 e. The predicted octanol–water partition coefficient (Wildman–Crippen LogP) is -1.17. The summed E-state index contributed by atoms with van der Waals surface area (Å²) in [5.41, 5.74) is 1.07. The summed E-state index contributed by atoms with van der Waals surface area (Å²) >= 11 is 0. The summed E-state index contributed by atoms with van der Waals surface area (Å²) in [6.45, 7) is 3.66. The van der Waals surface area contributed by atoms with Crippen LogP contribution in [0.5, 0.6) is 0 Å². The van der Waals surface area contributed by atoms with Gasteiger partial charge in [0.2, 0.25) is 0 Å². The van der Waals surface area contributed by atoms with Crippen LogP contribution in [-0.2, 0) is 6.42 Å². The summed E-state index contributed by atoms with van der Waals surface area (Å²) in [4.78, 5) is 0. The number of hydrogen-bond acceptors (Lipinski definition) is 0. The van der Waals surface area contributed by atoms with E-state index in [2.05, 4.69) is 6.92 Å². The van der Waals surface area contributed by atoms with Gasteiger partial charge in [0.15, 0.2) is 0 Å². The van der Waals surface area contributed by atoms with Crippen molar-refractivity contribution in [3.63, 3.8) is 0 Å². The standard InChI is InChI=1S/C8H8F.ClH.Mg/c1-2-7-3-5-8(9)6-4-7;;/h3-6H,1-2H2;1H;/q-1;;+2/p-1. The average Bonchev–Trinajstić information content (AvgIpc) is 1.90. The maximum absolute atomic E-state index is 12.2. The zero-order valence-corrected chi connectivity index (χ0v) is 8.36. The predicted molar refractivity (Wildman–Crippen MR) is 41.2 cm³/mol. The van der Waals surface area contributed by atoms with Gasteiger partial charge in [-0.3, -0.25) is 0 Å². The number of rotatable bonds is 1. The van der Waals surface area contributed by atoms with E-state index in [0.717, 1.165) is 12.0 Å². The Morgan fingerprint density at radius 1 is 1.18 bits per heavy atom. The van der Waals surface area contributed by atoms with Crippen molar-refractivity contribution in [2.45, 2.75) is 6.42 Å². The summed E-state index contributed by atoms with van der Waals surface area (Å²) in [7, 11) is 0. The molecule has 0 bridgehead atoms. The molecule has 0 atom stereocenters. The fourth-order valence-electron chi connectivity index (χ4n) is 0.651. The molecule has 0 nitrogen and oxygen atoms in total. The molecule has 0 saturated carbocycles. The van der Waals surface area contributed by atoms with Gasteiger partial charge in [0.1, 0.15) is 5.82 Å². The molecule has 0 heterocycles. The Kier molecular flexibility index (Phi) is 8.62. The van der Waals surface area contributed by atoms with Gasteiger partial charge >= 0.3 is 23.1 Å². The first-order valence-corrected chi connectivity index (χ1v) is 2.86. The van der Waals surface area contributed by atoms with E-state index in [1.165, 1.54) is 12.1 Å². The first kappa shape index (κ1) is 13.8. The fraction of sp³-hybridized carbons (Fsp3) is 0.125. The zero-order chi connectivity index (χ0) is 6.69. The number of halogens is 2. The molecular weight excluding hydrogens is 175 g/mol. The molecule has 0 aliphatic rings. The Balaban J connectivity index is 0. The Morgan fingerprint density at radius 2 is 1.64 bits per heavy atom. The van der Waals surface area contributed by atoms with Gasteiger partial charge in [-0.05, 0) is 12.1 Å². The largest absolute Gasteiger partial charge is 2.00 e. The molecular formula is C8H8ClFMg. The van der Waals surface area contributed by atoms with Crippen LogP contribution in [0.3, 0.4) is 0 Å². The van der Waals surface area contributed by atoms with Crippen LogP contribution in [0.2, 0.25) is 0 Å². The second-order valence-electron chi connectivity index (χ2n) is 1.88. The third-order valence-corrected chi connectivity index (χ3v) is 1.20. The van der Waals surface area contributed by atoms with Gasteiger partial charge in [-0.15, -0.1) is 0 Å². The van der Waals surface area contributed by atoms with E-state index >= 15 is 0 Å². The molecule has 56 valence electrons. The summed E-state index contributed by atoms with van der Waals surface area (Å²) in [5.74, 6) is -0.188. The van der Waals surface area contributed by atoms with Crippen LogP contribution in [0.15, 0.2) is 24.3 Å². The van der Waals surface area contributed by atoms with Crippen molar-refractivity contribution in [1.29, 1.82) is 0 Å². The van der Waals surface area contributed by atoms with Gasteiger partial charge in [0.05, 0.1) is 0 Å². The molecule has 11 heavy (non-hydrogen) atoms. The molecule has 0 aromatic heterocycles. The topological polar surface area (TPSA) is 0 Å². The SMILES string of the molecule is [CH2-]Cc1ccc(F)cc1.[Cl-].[Mg+2]. The summed E-state index contributed by atoms with van der Waals surface area (Å²) in [6.07, 6.45) is 0.722. The van der Waals surface area contributed by atoms with E-state index in [1.54, 1.807) is 12.1 Å². The second-order valence-corrected chi connectivity index (χ2v) is 1.88.